The summed E-state index contributed by atoms with van der Waals surface area (Å²) in [7, 11) is -2.17. The summed E-state index contributed by atoms with van der Waals surface area (Å²) in [6, 6.07) is 0.775. The molecule has 0 bridgehead atoms. The van der Waals surface area contributed by atoms with Crippen molar-refractivity contribution in [3.63, 3.8) is 0 Å². The maximum atomic E-state index is 13.4. The van der Waals surface area contributed by atoms with E-state index in [0.717, 1.165) is 0 Å². The van der Waals surface area contributed by atoms with Crippen molar-refractivity contribution in [2.45, 2.75) is 0 Å². The summed E-state index contributed by atoms with van der Waals surface area (Å²) < 4.78 is 104. The molecule has 0 fully saturated rings. The fraction of sp³-hybridized carbons (Fsp3) is 0. The van der Waals surface area contributed by atoms with E-state index in [1.165, 1.54) is 0 Å². The number of hydrogen-bond donors (Lipinski definition) is 0. The lowest BCUT2D eigenvalue weighted by Crippen LogP contribution is -2.12. The SMILES string of the molecule is Fc1cc(P[PH2+]c2cc(F)c(F)c(F)c2F)c(F)c(F)c1F. The van der Waals surface area contributed by atoms with E-state index in [1.54, 1.807) is 0 Å². The van der Waals surface area contributed by atoms with Crippen molar-refractivity contribution in [1.29, 1.82) is 0 Å². The molecule has 0 radical (unpaired) electrons. The molecule has 10 heteroatoms. The molecule has 0 aromatic heterocycles. The lowest BCUT2D eigenvalue weighted by Gasteiger charge is -2.04. The lowest BCUT2D eigenvalue weighted by molar-refractivity contribution is 0.412. The number of hydrogen-bond acceptors (Lipinski definition) is 0. The van der Waals surface area contributed by atoms with E-state index < -0.39 is 73.7 Å². The monoisotopic (exact) mass is 363 g/mol. The highest BCUT2D eigenvalue weighted by Crippen LogP contribution is 2.38. The summed E-state index contributed by atoms with van der Waals surface area (Å²) in [6.07, 6.45) is 0. The molecule has 2 aromatic carbocycles. The van der Waals surface area contributed by atoms with Gasteiger partial charge in [-0.1, -0.05) is 0 Å². The van der Waals surface area contributed by atoms with E-state index in [2.05, 4.69) is 0 Å². The van der Waals surface area contributed by atoms with Gasteiger partial charge in [0.1, 0.15) is 5.30 Å². The fourth-order valence-corrected chi connectivity index (χ4v) is 4.96. The van der Waals surface area contributed by atoms with E-state index in [9.17, 15) is 35.1 Å². The van der Waals surface area contributed by atoms with Crippen LogP contribution in [-0.4, -0.2) is 0 Å². The maximum absolute atomic E-state index is 13.4. The summed E-state index contributed by atoms with van der Waals surface area (Å²) in [5.74, 6) is -14.6. The second-order valence-corrected chi connectivity index (χ2v) is 7.50. The van der Waals surface area contributed by atoms with Gasteiger partial charge in [-0.05, 0) is 6.07 Å². The molecule has 0 saturated carbocycles. The Balaban J connectivity index is 2.32. The normalized spacial score (nSPS) is 12.2. The Kier molecular flexibility index (Phi) is 5.03. The Morgan fingerprint density at radius 2 is 1.09 bits per heavy atom. The van der Waals surface area contributed by atoms with Gasteiger partial charge in [-0.15, -0.1) is 0 Å². The van der Waals surface area contributed by atoms with E-state index in [0.29, 0.717) is 12.1 Å². The van der Waals surface area contributed by atoms with Gasteiger partial charge in [0.25, 0.3) is 0 Å². The first-order chi connectivity index (χ1) is 10.2. The van der Waals surface area contributed by atoms with Crippen molar-refractivity contribution in [2.75, 3.05) is 0 Å². The van der Waals surface area contributed by atoms with Crippen molar-refractivity contribution in [1.82, 2.24) is 0 Å². The van der Waals surface area contributed by atoms with Crippen molar-refractivity contribution < 1.29 is 35.1 Å². The molecule has 0 saturated heterocycles. The summed E-state index contributed by atoms with van der Waals surface area (Å²) in [6.45, 7) is 0. The van der Waals surface area contributed by atoms with Crippen LogP contribution >= 0.6 is 16.5 Å². The summed E-state index contributed by atoms with van der Waals surface area (Å²) >= 11 is 0. The van der Waals surface area contributed by atoms with Gasteiger partial charge in [-0.2, -0.15) is 4.39 Å². The third kappa shape index (κ3) is 3.08. The van der Waals surface area contributed by atoms with Gasteiger partial charge in [-0.25, -0.2) is 30.7 Å². The molecule has 0 aliphatic carbocycles. The van der Waals surface area contributed by atoms with Gasteiger partial charge in [0, 0.05) is 14.3 Å². The predicted octanol–water partition coefficient (Wildman–Crippen LogP) is 3.75. The topological polar surface area (TPSA) is 0 Å². The molecule has 118 valence electrons. The van der Waals surface area contributed by atoms with Gasteiger partial charge in [0.2, 0.25) is 11.6 Å². The molecule has 0 heterocycles. The lowest BCUT2D eigenvalue weighted by atomic mass is 10.3. The quantitative estimate of drug-likeness (QED) is 0.337. The van der Waals surface area contributed by atoms with Crippen LogP contribution in [0.5, 0.6) is 0 Å². The molecule has 2 atom stereocenters. The van der Waals surface area contributed by atoms with Crippen LogP contribution in [0.3, 0.4) is 0 Å². The largest absolute Gasteiger partial charge is 0.204 e. The predicted molar refractivity (Wildman–Crippen MR) is 69.8 cm³/mol. The Hall–Kier alpha value is -1.26. The van der Waals surface area contributed by atoms with Gasteiger partial charge in [-0.3, -0.25) is 0 Å². The van der Waals surface area contributed by atoms with Crippen LogP contribution in [0.4, 0.5) is 35.1 Å². The third-order valence-corrected chi connectivity index (χ3v) is 6.47. The smallest absolute Gasteiger partial charge is 0.203 e. The molecular weight excluding hydrogens is 358 g/mol. The van der Waals surface area contributed by atoms with Crippen molar-refractivity contribution >= 4 is 27.1 Å². The Morgan fingerprint density at radius 3 is 1.68 bits per heavy atom. The highest BCUT2D eigenvalue weighted by Gasteiger charge is 2.25. The van der Waals surface area contributed by atoms with E-state index in [4.69, 9.17) is 0 Å². The second-order valence-electron chi connectivity index (χ2n) is 4.03. The Morgan fingerprint density at radius 1 is 0.591 bits per heavy atom. The molecule has 0 nitrogen and oxygen atoms in total. The van der Waals surface area contributed by atoms with E-state index >= 15 is 0 Å². The Bertz CT molecular complexity index is 683. The standard InChI is InChI=1S/C12H4F8P2/c13-3-1-5(9(17)11(19)7(3)15)21-22-6-2-4(14)8(16)12(20)10(6)18/h1-2,21-22H/p+1. The highest BCUT2D eigenvalue weighted by atomic mass is 32.0. The molecule has 0 aliphatic rings. The van der Waals surface area contributed by atoms with Crippen LogP contribution < -0.4 is 10.6 Å². The number of benzene rings is 2. The minimum atomic E-state index is -2.03. The molecule has 2 unspecified atom stereocenters. The maximum Gasteiger partial charge on any atom is 0.203 e. The van der Waals surface area contributed by atoms with Gasteiger partial charge >= 0.3 is 0 Å². The molecular formula is C12H5F8P2+. The van der Waals surface area contributed by atoms with Crippen LogP contribution in [0.2, 0.25) is 0 Å². The average Bonchev–Trinajstić information content (AvgIpc) is 2.49. The first-order valence-corrected chi connectivity index (χ1v) is 8.88. The van der Waals surface area contributed by atoms with Crippen LogP contribution in [0.1, 0.15) is 0 Å². The van der Waals surface area contributed by atoms with Crippen LogP contribution in [0, 0.1) is 46.5 Å². The van der Waals surface area contributed by atoms with Crippen molar-refractivity contribution in [3.05, 3.63) is 58.7 Å². The highest BCUT2D eigenvalue weighted by molar-refractivity contribution is 8.18. The minimum absolute atomic E-state index is 0.382. The number of halogens is 8. The van der Waals surface area contributed by atoms with E-state index in [1.807, 2.05) is 0 Å². The zero-order chi connectivity index (χ0) is 16.6. The first kappa shape index (κ1) is 17.1. The molecule has 0 amide bonds. The van der Waals surface area contributed by atoms with Gasteiger partial charge in [0.15, 0.2) is 34.9 Å². The summed E-state index contributed by atoms with van der Waals surface area (Å²) in [4.78, 5) is 0. The molecule has 22 heavy (non-hydrogen) atoms. The van der Waals surface area contributed by atoms with Gasteiger partial charge < -0.3 is 0 Å². The summed E-state index contributed by atoms with van der Waals surface area (Å²) in [5, 5.41) is -1.14. The third-order valence-electron chi connectivity index (χ3n) is 2.62. The van der Waals surface area contributed by atoms with Crippen LogP contribution in [-0.2, 0) is 0 Å². The number of rotatable bonds is 3. The minimum Gasteiger partial charge on any atom is -0.204 e. The average molecular weight is 363 g/mol. The van der Waals surface area contributed by atoms with Gasteiger partial charge in [0.05, 0.1) is 13.6 Å². The van der Waals surface area contributed by atoms with Crippen LogP contribution in [0.15, 0.2) is 12.1 Å². The molecule has 0 N–H and O–H groups in total. The molecule has 0 spiro atoms. The van der Waals surface area contributed by atoms with Crippen LogP contribution in [0.25, 0.3) is 0 Å². The molecule has 2 rings (SSSR count). The molecule has 0 aliphatic heterocycles. The zero-order valence-electron chi connectivity index (χ0n) is 10.3. The van der Waals surface area contributed by atoms with Crippen molar-refractivity contribution in [2.24, 2.45) is 0 Å². The summed E-state index contributed by atoms with van der Waals surface area (Å²) in [5.41, 5.74) is 0. The molecule has 2 aromatic rings. The van der Waals surface area contributed by atoms with E-state index in [-0.39, 0.29) is 0 Å². The van der Waals surface area contributed by atoms with Crippen molar-refractivity contribution in [3.8, 4) is 0 Å². The fourth-order valence-electron chi connectivity index (χ4n) is 1.53. The second kappa shape index (κ2) is 6.47. The Labute approximate surface area is 122 Å². The first-order valence-electron chi connectivity index (χ1n) is 5.49. The zero-order valence-corrected chi connectivity index (χ0v) is 12.4.